The van der Waals surface area contributed by atoms with Crippen LogP contribution in [0.15, 0.2) is 11.0 Å². The molecule has 10 heteroatoms. The number of phenols is 2. The van der Waals surface area contributed by atoms with Crippen molar-refractivity contribution in [3.8, 4) is 11.5 Å². The van der Waals surface area contributed by atoms with Gasteiger partial charge in [0.05, 0.1) is 10.3 Å². The SMILES string of the molecule is CNC(=O)c1[nH]nc2c(O)cc(SCCCOCC(=O)O)c(O)c12. The molecule has 2 rings (SSSR count). The molecule has 1 aromatic carbocycles. The van der Waals surface area contributed by atoms with E-state index in [0.717, 1.165) is 0 Å². The van der Waals surface area contributed by atoms with Crippen molar-refractivity contribution < 1.29 is 29.6 Å². The minimum absolute atomic E-state index is 0.0625. The number of ether oxygens (including phenoxy) is 1. The van der Waals surface area contributed by atoms with E-state index in [0.29, 0.717) is 17.1 Å². The lowest BCUT2D eigenvalue weighted by molar-refractivity contribution is -0.142. The Morgan fingerprint density at radius 3 is 2.83 bits per heavy atom. The molecule has 0 aliphatic rings. The lowest BCUT2D eigenvalue weighted by Gasteiger charge is -2.08. The normalized spacial score (nSPS) is 10.9. The van der Waals surface area contributed by atoms with E-state index in [2.05, 4.69) is 15.5 Å². The number of aromatic hydroxyl groups is 2. The number of carboxylic acid groups (broad SMARTS) is 1. The van der Waals surface area contributed by atoms with E-state index in [-0.39, 0.29) is 41.3 Å². The van der Waals surface area contributed by atoms with Crippen LogP contribution in [0.3, 0.4) is 0 Å². The number of fused-ring (bicyclic) bond motifs is 1. The molecular weight excluding hydrogens is 338 g/mol. The molecule has 9 nitrogen and oxygen atoms in total. The maximum atomic E-state index is 11.8. The Morgan fingerprint density at radius 2 is 2.17 bits per heavy atom. The molecule has 24 heavy (non-hydrogen) atoms. The fourth-order valence-electron chi connectivity index (χ4n) is 2.04. The maximum Gasteiger partial charge on any atom is 0.329 e. The molecule has 0 saturated carbocycles. The topological polar surface area (TPSA) is 145 Å². The smallest absolute Gasteiger partial charge is 0.329 e. The molecule has 0 aliphatic carbocycles. The Labute approximate surface area is 141 Å². The third-order valence-corrected chi connectivity index (χ3v) is 4.23. The molecule has 0 saturated heterocycles. The highest BCUT2D eigenvalue weighted by molar-refractivity contribution is 7.99. The van der Waals surface area contributed by atoms with E-state index in [1.165, 1.54) is 24.9 Å². The first kappa shape index (κ1) is 17.9. The number of carbonyl (C=O) groups is 2. The number of H-pyrrole nitrogens is 1. The summed E-state index contributed by atoms with van der Waals surface area (Å²) in [7, 11) is 1.45. The van der Waals surface area contributed by atoms with E-state index in [1.807, 2.05) is 0 Å². The van der Waals surface area contributed by atoms with Crippen molar-refractivity contribution in [3.63, 3.8) is 0 Å². The van der Waals surface area contributed by atoms with Gasteiger partial charge in [-0.2, -0.15) is 5.10 Å². The molecule has 0 atom stereocenters. The molecule has 1 aromatic heterocycles. The van der Waals surface area contributed by atoms with Gasteiger partial charge < -0.3 is 25.4 Å². The number of hydrogen-bond donors (Lipinski definition) is 5. The number of nitrogens with zero attached hydrogens (tertiary/aromatic N) is 1. The standard InChI is InChI=1S/C14H17N3O6S/c1-15-14(22)12-10-11(16-17-12)7(18)5-8(13(10)21)24-4-2-3-23-6-9(19)20/h5,18,21H,2-4,6H2,1H3,(H,15,22)(H,16,17)(H,19,20). The van der Waals surface area contributed by atoms with Crippen LogP contribution in [0.5, 0.6) is 11.5 Å². The minimum Gasteiger partial charge on any atom is -0.506 e. The van der Waals surface area contributed by atoms with Crippen molar-refractivity contribution >= 4 is 34.5 Å². The third kappa shape index (κ3) is 3.89. The summed E-state index contributed by atoms with van der Waals surface area (Å²) in [6.07, 6.45) is 0.559. The summed E-state index contributed by atoms with van der Waals surface area (Å²) in [5, 5.41) is 37.8. The number of hydrogen-bond acceptors (Lipinski definition) is 7. The Hall–Kier alpha value is -2.46. The Bertz CT molecular complexity index is 761. The lowest BCUT2D eigenvalue weighted by Crippen LogP contribution is -2.18. The van der Waals surface area contributed by atoms with Gasteiger partial charge in [-0.1, -0.05) is 0 Å². The number of benzene rings is 1. The average molecular weight is 355 g/mol. The van der Waals surface area contributed by atoms with Crippen LogP contribution in [0.2, 0.25) is 0 Å². The largest absolute Gasteiger partial charge is 0.506 e. The number of rotatable bonds is 8. The molecule has 0 spiro atoms. The summed E-state index contributed by atoms with van der Waals surface area (Å²) in [6.45, 7) is -0.0866. The second-order valence-electron chi connectivity index (χ2n) is 4.79. The molecule has 0 aliphatic heterocycles. The van der Waals surface area contributed by atoms with Crippen molar-refractivity contribution in [2.75, 3.05) is 26.0 Å². The molecular formula is C14H17N3O6S. The third-order valence-electron chi connectivity index (χ3n) is 3.12. The van der Waals surface area contributed by atoms with Crippen LogP contribution in [-0.4, -0.2) is 63.4 Å². The zero-order valence-corrected chi connectivity index (χ0v) is 13.6. The van der Waals surface area contributed by atoms with Gasteiger partial charge in [0, 0.05) is 19.4 Å². The fourth-order valence-corrected chi connectivity index (χ4v) is 2.96. The Balaban J connectivity index is 2.12. The van der Waals surface area contributed by atoms with Gasteiger partial charge in [-0.3, -0.25) is 9.89 Å². The highest BCUT2D eigenvalue weighted by Gasteiger charge is 2.21. The van der Waals surface area contributed by atoms with Crippen LogP contribution in [0.4, 0.5) is 0 Å². The number of aromatic amines is 1. The molecule has 0 unspecified atom stereocenters. The van der Waals surface area contributed by atoms with Crippen LogP contribution in [-0.2, 0) is 9.53 Å². The number of carboxylic acids is 1. The number of thioether (sulfide) groups is 1. The number of carbonyl (C=O) groups excluding carboxylic acids is 1. The summed E-state index contributed by atoms with van der Waals surface area (Å²) in [5.41, 5.74) is 0.174. The van der Waals surface area contributed by atoms with E-state index >= 15 is 0 Å². The zero-order valence-electron chi connectivity index (χ0n) is 12.8. The Kier molecular flexibility index (Phi) is 5.88. The monoisotopic (exact) mass is 355 g/mol. The summed E-state index contributed by atoms with van der Waals surface area (Å²) in [6, 6.07) is 1.37. The fraction of sp³-hybridized carbons (Fsp3) is 0.357. The van der Waals surface area contributed by atoms with Crippen LogP contribution in [0.25, 0.3) is 10.9 Å². The second-order valence-corrected chi connectivity index (χ2v) is 5.93. The Morgan fingerprint density at radius 1 is 1.42 bits per heavy atom. The van der Waals surface area contributed by atoms with Gasteiger partial charge in [0.15, 0.2) is 0 Å². The van der Waals surface area contributed by atoms with E-state index < -0.39 is 11.9 Å². The lowest BCUT2D eigenvalue weighted by atomic mass is 10.1. The zero-order chi connectivity index (χ0) is 17.7. The molecule has 5 N–H and O–H groups in total. The average Bonchev–Trinajstić information content (AvgIpc) is 2.99. The van der Waals surface area contributed by atoms with Gasteiger partial charge in [0.2, 0.25) is 0 Å². The van der Waals surface area contributed by atoms with Crippen molar-refractivity contribution in [3.05, 3.63) is 11.8 Å². The van der Waals surface area contributed by atoms with Gasteiger partial charge >= 0.3 is 5.97 Å². The van der Waals surface area contributed by atoms with Crippen molar-refractivity contribution in [1.82, 2.24) is 15.5 Å². The van der Waals surface area contributed by atoms with Crippen molar-refractivity contribution in [2.24, 2.45) is 0 Å². The quantitative estimate of drug-likeness (QED) is 0.267. The number of nitrogens with one attached hydrogen (secondary N) is 2. The predicted octanol–water partition coefficient (Wildman–Crippen LogP) is 0.917. The van der Waals surface area contributed by atoms with Gasteiger partial charge in [-0.15, -0.1) is 11.8 Å². The van der Waals surface area contributed by atoms with E-state index in [4.69, 9.17) is 9.84 Å². The molecule has 0 fully saturated rings. The maximum absolute atomic E-state index is 11.8. The van der Waals surface area contributed by atoms with Gasteiger partial charge in [0.25, 0.3) is 5.91 Å². The molecule has 130 valence electrons. The molecule has 2 aromatic rings. The summed E-state index contributed by atoms with van der Waals surface area (Å²) in [4.78, 5) is 22.5. The number of phenolic OH excluding ortho intramolecular Hbond substituents is 2. The van der Waals surface area contributed by atoms with Gasteiger partial charge in [-0.25, -0.2) is 4.79 Å². The van der Waals surface area contributed by atoms with Crippen LogP contribution < -0.4 is 5.32 Å². The van der Waals surface area contributed by atoms with Crippen LogP contribution in [0, 0.1) is 0 Å². The minimum atomic E-state index is -1.03. The first-order valence-corrected chi connectivity index (χ1v) is 8.01. The highest BCUT2D eigenvalue weighted by atomic mass is 32.2. The molecule has 0 radical (unpaired) electrons. The summed E-state index contributed by atoms with van der Waals surface area (Å²) in [5.74, 6) is -1.26. The first-order valence-electron chi connectivity index (χ1n) is 7.03. The molecule has 1 amide bonds. The number of aromatic nitrogens is 2. The van der Waals surface area contributed by atoms with Crippen molar-refractivity contribution in [1.29, 1.82) is 0 Å². The van der Waals surface area contributed by atoms with Gasteiger partial charge in [-0.05, 0) is 12.5 Å². The van der Waals surface area contributed by atoms with E-state index in [9.17, 15) is 19.8 Å². The van der Waals surface area contributed by atoms with Crippen molar-refractivity contribution in [2.45, 2.75) is 11.3 Å². The summed E-state index contributed by atoms with van der Waals surface area (Å²) >= 11 is 1.26. The predicted molar refractivity (Wildman–Crippen MR) is 86.6 cm³/mol. The van der Waals surface area contributed by atoms with Crippen LogP contribution >= 0.6 is 11.8 Å². The number of aliphatic carboxylic acids is 1. The number of amides is 1. The summed E-state index contributed by atoms with van der Waals surface area (Å²) < 4.78 is 4.92. The second kappa shape index (κ2) is 7.88. The van der Waals surface area contributed by atoms with E-state index in [1.54, 1.807) is 0 Å². The molecule has 1 heterocycles. The van der Waals surface area contributed by atoms with Crippen LogP contribution in [0.1, 0.15) is 16.9 Å². The molecule has 0 bridgehead atoms. The first-order chi connectivity index (χ1) is 11.5. The van der Waals surface area contributed by atoms with Gasteiger partial charge in [0.1, 0.15) is 29.3 Å². The highest BCUT2D eigenvalue weighted by Crippen LogP contribution is 2.41.